The molecular formula is C21H27N3O2S. The fraction of sp³-hybridized carbons (Fsp3) is 0.571. The molecule has 1 amide bonds. The van der Waals surface area contributed by atoms with Gasteiger partial charge in [0.25, 0.3) is 0 Å². The Bertz CT molecular complexity index is 735. The van der Waals surface area contributed by atoms with E-state index in [1.165, 1.54) is 11.4 Å². The van der Waals surface area contributed by atoms with E-state index in [0.29, 0.717) is 24.3 Å². The van der Waals surface area contributed by atoms with Crippen molar-refractivity contribution < 1.29 is 9.53 Å². The summed E-state index contributed by atoms with van der Waals surface area (Å²) in [6.07, 6.45) is 10.9. The number of hydrogen-bond acceptors (Lipinski definition) is 5. The molecule has 2 aliphatic rings. The predicted molar refractivity (Wildman–Crippen MR) is 107 cm³/mol. The van der Waals surface area contributed by atoms with E-state index in [0.717, 1.165) is 63.1 Å². The van der Waals surface area contributed by atoms with E-state index < -0.39 is 0 Å². The minimum Gasteiger partial charge on any atom is -0.378 e. The Morgan fingerprint density at radius 1 is 1.19 bits per heavy atom. The molecule has 4 rings (SSSR count). The van der Waals surface area contributed by atoms with Crippen LogP contribution in [0.1, 0.15) is 55.9 Å². The quantitative estimate of drug-likeness (QED) is 0.772. The lowest BCUT2D eigenvalue weighted by molar-refractivity contribution is -0.133. The van der Waals surface area contributed by atoms with Crippen LogP contribution < -0.4 is 0 Å². The summed E-state index contributed by atoms with van der Waals surface area (Å²) in [6.45, 7) is 2.55. The van der Waals surface area contributed by atoms with Gasteiger partial charge in [-0.1, -0.05) is 0 Å². The monoisotopic (exact) mass is 385 g/mol. The first-order valence-corrected chi connectivity index (χ1v) is 10.9. The third kappa shape index (κ3) is 4.74. The van der Waals surface area contributed by atoms with Gasteiger partial charge in [-0.05, 0) is 50.7 Å². The second-order valence-corrected chi connectivity index (χ2v) is 8.38. The molecule has 2 aromatic rings. The van der Waals surface area contributed by atoms with Crippen LogP contribution in [0.2, 0.25) is 0 Å². The Labute approximate surface area is 164 Å². The van der Waals surface area contributed by atoms with Gasteiger partial charge >= 0.3 is 0 Å². The van der Waals surface area contributed by atoms with Crippen molar-refractivity contribution in [1.82, 2.24) is 14.9 Å². The van der Waals surface area contributed by atoms with E-state index in [1.807, 2.05) is 17.0 Å². The van der Waals surface area contributed by atoms with Crippen LogP contribution in [0.5, 0.6) is 0 Å². The minimum atomic E-state index is 0.291. The molecule has 0 radical (unpaired) electrons. The molecule has 2 aliphatic heterocycles. The number of aromatic nitrogens is 2. The van der Waals surface area contributed by atoms with E-state index in [1.54, 1.807) is 23.7 Å². The van der Waals surface area contributed by atoms with Crippen LogP contribution in [-0.2, 0) is 9.53 Å². The first-order valence-electron chi connectivity index (χ1n) is 10.0. The molecule has 1 unspecified atom stereocenters. The lowest BCUT2D eigenvalue weighted by atomic mass is 9.97. The summed E-state index contributed by atoms with van der Waals surface area (Å²) in [4.78, 5) is 23.5. The highest BCUT2D eigenvalue weighted by Gasteiger charge is 2.26. The smallest absolute Gasteiger partial charge is 0.222 e. The molecule has 1 atom stereocenters. The summed E-state index contributed by atoms with van der Waals surface area (Å²) in [5.74, 6) is 0.760. The van der Waals surface area contributed by atoms with Gasteiger partial charge in [0, 0.05) is 55.4 Å². The highest BCUT2D eigenvalue weighted by Crippen LogP contribution is 2.33. The van der Waals surface area contributed by atoms with Gasteiger partial charge in [-0.2, -0.15) is 0 Å². The van der Waals surface area contributed by atoms with Crippen LogP contribution in [0.15, 0.2) is 29.9 Å². The average Bonchev–Trinajstić information content (AvgIpc) is 3.24. The molecule has 6 heteroatoms. The van der Waals surface area contributed by atoms with Gasteiger partial charge in [0.2, 0.25) is 5.91 Å². The summed E-state index contributed by atoms with van der Waals surface area (Å²) in [7, 11) is 0. The predicted octanol–water partition coefficient (Wildman–Crippen LogP) is 4.26. The zero-order valence-electron chi connectivity index (χ0n) is 15.7. The topological polar surface area (TPSA) is 55.3 Å². The first-order chi connectivity index (χ1) is 13.3. The van der Waals surface area contributed by atoms with Crippen molar-refractivity contribution in [3.63, 3.8) is 0 Å². The summed E-state index contributed by atoms with van der Waals surface area (Å²) in [5, 5.41) is 3.33. The molecule has 2 fully saturated rings. The largest absolute Gasteiger partial charge is 0.378 e. The van der Waals surface area contributed by atoms with Gasteiger partial charge in [0.05, 0.1) is 16.8 Å². The number of likely N-dealkylation sites (tertiary alicyclic amines) is 1. The molecule has 2 aromatic heterocycles. The van der Waals surface area contributed by atoms with Gasteiger partial charge in [0.15, 0.2) is 0 Å². The minimum absolute atomic E-state index is 0.291. The SMILES string of the molecule is O=C(CCC1CCCCO1)N1CCC(c2nc(-c3ccncc3)cs2)CC1. The molecule has 27 heavy (non-hydrogen) atoms. The molecule has 4 heterocycles. The van der Waals surface area contributed by atoms with Gasteiger partial charge in [-0.25, -0.2) is 4.98 Å². The van der Waals surface area contributed by atoms with E-state index in [-0.39, 0.29) is 0 Å². The average molecular weight is 386 g/mol. The van der Waals surface area contributed by atoms with E-state index >= 15 is 0 Å². The lowest BCUT2D eigenvalue weighted by Gasteiger charge is -2.32. The van der Waals surface area contributed by atoms with Gasteiger partial charge in [-0.15, -0.1) is 11.3 Å². The molecule has 5 nitrogen and oxygen atoms in total. The van der Waals surface area contributed by atoms with Gasteiger partial charge in [0.1, 0.15) is 0 Å². The maximum atomic E-state index is 12.5. The van der Waals surface area contributed by atoms with Crippen LogP contribution >= 0.6 is 11.3 Å². The number of nitrogens with zero attached hydrogens (tertiary/aromatic N) is 3. The van der Waals surface area contributed by atoms with E-state index in [9.17, 15) is 4.79 Å². The van der Waals surface area contributed by atoms with Crippen LogP contribution in [-0.4, -0.2) is 46.6 Å². The molecule has 0 aromatic carbocycles. The molecule has 0 N–H and O–H groups in total. The third-order valence-corrected chi connectivity index (χ3v) is 6.66. The van der Waals surface area contributed by atoms with Gasteiger partial charge in [-0.3, -0.25) is 9.78 Å². The fourth-order valence-electron chi connectivity index (χ4n) is 3.98. The molecular weight excluding hydrogens is 358 g/mol. The Kier molecular flexibility index (Phi) is 6.14. The number of carbonyl (C=O) groups excluding carboxylic acids is 1. The Hall–Kier alpha value is -1.79. The molecule has 0 aliphatic carbocycles. The maximum absolute atomic E-state index is 12.5. The van der Waals surface area contributed by atoms with Crippen LogP contribution in [0.4, 0.5) is 0 Å². The standard InChI is InChI=1S/C21H27N3O2S/c25-20(5-4-18-3-1-2-14-26-18)24-12-8-17(9-13-24)21-23-19(15-27-21)16-6-10-22-11-7-16/h6-7,10-11,15,17-18H,1-5,8-9,12-14H2. The number of piperidine rings is 1. The number of thiazole rings is 1. The lowest BCUT2D eigenvalue weighted by Crippen LogP contribution is -2.38. The van der Waals surface area contributed by atoms with Crippen LogP contribution in [0.3, 0.4) is 0 Å². The zero-order valence-corrected chi connectivity index (χ0v) is 16.5. The third-order valence-electron chi connectivity index (χ3n) is 5.65. The summed E-state index contributed by atoms with van der Waals surface area (Å²) in [5.41, 5.74) is 2.15. The van der Waals surface area contributed by atoms with Crippen molar-refractivity contribution >= 4 is 17.2 Å². The van der Waals surface area contributed by atoms with Crippen LogP contribution in [0.25, 0.3) is 11.3 Å². The fourth-order valence-corrected chi connectivity index (χ4v) is 4.98. The number of rotatable bonds is 5. The maximum Gasteiger partial charge on any atom is 0.222 e. The highest BCUT2D eigenvalue weighted by atomic mass is 32.1. The highest BCUT2D eigenvalue weighted by molar-refractivity contribution is 7.10. The van der Waals surface area contributed by atoms with Crippen molar-refractivity contribution in [3.8, 4) is 11.3 Å². The van der Waals surface area contributed by atoms with Crippen molar-refractivity contribution in [2.45, 2.75) is 57.0 Å². The van der Waals surface area contributed by atoms with Crippen LogP contribution in [0, 0.1) is 0 Å². The number of amides is 1. The Morgan fingerprint density at radius 3 is 2.74 bits per heavy atom. The first kappa shape index (κ1) is 18.6. The zero-order chi connectivity index (χ0) is 18.5. The molecule has 0 bridgehead atoms. The second-order valence-electron chi connectivity index (χ2n) is 7.49. The summed E-state index contributed by atoms with van der Waals surface area (Å²) < 4.78 is 5.75. The second kappa shape index (κ2) is 8.93. The van der Waals surface area contributed by atoms with E-state index in [2.05, 4.69) is 10.4 Å². The molecule has 2 saturated heterocycles. The number of pyridine rings is 1. The Balaban J connectivity index is 1.26. The van der Waals surface area contributed by atoms with Gasteiger partial charge < -0.3 is 9.64 Å². The summed E-state index contributed by atoms with van der Waals surface area (Å²) in [6, 6.07) is 3.99. The molecule has 0 saturated carbocycles. The van der Waals surface area contributed by atoms with E-state index in [4.69, 9.17) is 9.72 Å². The van der Waals surface area contributed by atoms with Crippen molar-refractivity contribution in [2.24, 2.45) is 0 Å². The Morgan fingerprint density at radius 2 is 2.00 bits per heavy atom. The van der Waals surface area contributed by atoms with Crippen molar-refractivity contribution in [1.29, 1.82) is 0 Å². The molecule has 0 spiro atoms. The number of ether oxygens (including phenoxy) is 1. The number of carbonyl (C=O) groups is 1. The molecule has 144 valence electrons. The normalized spacial score (nSPS) is 21.3. The summed E-state index contributed by atoms with van der Waals surface area (Å²) >= 11 is 1.74. The van der Waals surface area contributed by atoms with Crippen molar-refractivity contribution in [2.75, 3.05) is 19.7 Å². The number of hydrogen-bond donors (Lipinski definition) is 0. The van der Waals surface area contributed by atoms with Crippen molar-refractivity contribution in [3.05, 3.63) is 34.9 Å².